The Bertz CT molecular complexity index is 315. The maximum atomic E-state index is 13.2. The molecule has 0 spiro atoms. The van der Waals surface area contributed by atoms with Gasteiger partial charge in [-0.3, -0.25) is 0 Å². The zero-order valence-electron chi connectivity index (χ0n) is 8.23. The van der Waals surface area contributed by atoms with Gasteiger partial charge in [0.2, 0.25) is 0 Å². The Morgan fingerprint density at radius 2 is 2.07 bits per heavy atom. The fourth-order valence-electron chi connectivity index (χ4n) is 1.29. The fourth-order valence-corrected chi connectivity index (χ4v) is 1.29. The third kappa shape index (κ3) is 2.42. The summed E-state index contributed by atoms with van der Waals surface area (Å²) in [5.41, 5.74) is 0.541. The molecule has 0 amide bonds. The molecule has 0 radical (unpaired) electrons. The van der Waals surface area contributed by atoms with Gasteiger partial charge in [0.25, 0.3) is 0 Å². The number of likely N-dealkylation sites (N-methyl/N-ethyl adjacent to an activating group) is 1. The summed E-state index contributed by atoms with van der Waals surface area (Å²) in [7, 11) is 3.15. The summed E-state index contributed by atoms with van der Waals surface area (Å²) in [6.07, 6.45) is 0.536. The largest absolute Gasteiger partial charge is 0.493 e. The van der Waals surface area contributed by atoms with Gasteiger partial charge in [-0.25, -0.2) is 8.78 Å². The van der Waals surface area contributed by atoms with E-state index in [1.165, 1.54) is 13.2 Å². The predicted octanol–water partition coefficient (Wildman–Crippen LogP) is 1.74. The smallest absolute Gasteiger partial charge is 0.168 e. The third-order valence-electron chi connectivity index (χ3n) is 1.93. The van der Waals surface area contributed by atoms with E-state index in [-0.39, 0.29) is 5.75 Å². The van der Waals surface area contributed by atoms with Crippen molar-refractivity contribution in [2.24, 2.45) is 0 Å². The molecule has 1 rings (SSSR count). The van der Waals surface area contributed by atoms with Crippen molar-refractivity contribution in [3.8, 4) is 5.75 Å². The summed E-state index contributed by atoms with van der Waals surface area (Å²) in [5.74, 6) is -1.10. The fraction of sp³-hybridized carbons (Fsp3) is 0.400. The summed E-state index contributed by atoms with van der Waals surface area (Å²) < 4.78 is 30.9. The SMILES string of the molecule is CNCCc1cc(F)cc(F)c1OC. The van der Waals surface area contributed by atoms with Gasteiger partial charge in [0.05, 0.1) is 7.11 Å². The molecule has 78 valence electrons. The van der Waals surface area contributed by atoms with Gasteiger partial charge >= 0.3 is 0 Å². The van der Waals surface area contributed by atoms with Crippen molar-refractivity contribution < 1.29 is 13.5 Å². The van der Waals surface area contributed by atoms with E-state index in [2.05, 4.69) is 5.32 Å². The van der Waals surface area contributed by atoms with E-state index in [1.807, 2.05) is 0 Å². The highest BCUT2D eigenvalue weighted by atomic mass is 19.1. The molecule has 0 unspecified atom stereocenters. The molecule has 0 fully saturated rings. The molecule has 0 saturated heterocycles. The quantitative estimate of drug-likeness (QED) is 0.801. The number of hydrogen-bond donors (Lipinski definition) is 1. The minimum Gasteiger partial charge on any atom is -0.493 e. The molecule has 0 saturated carbocycles. The van der Waals surface area contributed by atoms with Crippen LogP contribution in [-0.2, 0) is 6.42 Å². The van der Waals surface area contributed by atoms with E-state index in [0.717, 1.165) is 6.07 Å². The molecule has 0 aromatic heterocycles. The molecule has 14 heavy (non-hydrogen) atoms. The van der Waals surface area contributed by atoms with Gasteiger partial charge in [-0.05, 0) is 26.1 Å². The van der Waals surface area contributed by atoms with Gasteiger partial charge in [0, 0.05) is 11.6 Å². The Labute approximate surface area is 81.9 Å². The van der Waals surface area contributed by atoms with Crippen LogP contribution in [0.5, 0.6) is 5.75 Å². The lowest BCUT2D eigenvalue weighted by atomic mass is 10.1. The molecule has 4 heteroatoms. The first-order valence-electron chi connectivity index (χ1n) is 4.35. The minimum atomic E-state index is -0.654. The lowest BCUT2D eigenvalue weighted by Crippen LogP contribution is -2.11. The van der Waals surface area contributed by atoms with Gasteiger partial charge < -0.3 is 10.1 Å². The molecule has 0 atom stereocenters. The molecule has 0 aliphatic heterocycles. The predicted molar refractivity (Wildman–Crippen MR) is 50.5 cm³/mol. The van der Waals surface area contributed by atoms with E-state index < -0.39 is 11.6 Å². The van der Waals surface area contributed by atoms with Gasteiger partial charge in [-0.1, -0.05) is 0 Å². The topological polar surface area (TPSA) is 21.3 Å². The Kier molecular flexibility index (Phi) is 3.83. The zero-order valence-corrected chi connectivity index (χ0v) is 8.23. The van der Waals surface area contributed by atoms with Crippen LogP contribution < -0.4 is 10.1 Å². The number of benzene rings is 1. The molecule has 0 bridgehead atoms. The van der Waals surface area contributed by atoms with Crippen molar-refractivity contribution in [1.82, 2.24) is 5.32 Å². The molecular formula is C10H13F2NO. The standard InChI is InChI=1S/C10H13F2NO/c1-13-4-3-7-5-8(11)6-9(12)10(7)14-2/h5-6,13H,3-4H2,1-2H3. The second kappa shape index (κ2) is 4.91. The van der Waals surface area contributed by atoms with Crippen molar-refractivity contribution in [1.29, 1.82) is 0 Å². The summed E-state index contributed by atoms with van der Waals surface area (Å²) in [5, 5.41) is 2.91. The van der Waals surface area contributed by atoms with Crippen molar-refractivity contribution in [3.63, 3.8) is 0 Å². The Balaban J connectivity index is 2.99. The second-order valence-electron chi connectivity index (χ2n) is 2.93. The lowest BCUT2D eigenvalue weighted by molar-refractivity contribution is 0.378. The summed E-state index contributed by atoms with van der Waals surface area (Å²) >= 11 is 0. The van der Waals surface area contributed by atoms with Gasteiger partial charge in [-0.15, -0.1) is 0 Å². The maximum absolute atomic E-state index is 13.2. The highest BCUT2D eigenvalue weighted by molar-refractivity contribution is 5.35. The van der Waals surface area contributed by atoms with Crippen LogP contribution in [-0.4, -0.2) is 20.7 Å². The highest BCUT2D eigenvalue weighted by Crippen LogP contribution is 2.24. The number of rotatable bonds is 4. The molecule has 0 aliphatic carbocycles. The molecule has 0 heterocycles. The lowest BCUT2D eigenvalue weighted by Gasteiger charge is -2.09. The summed E-state index contributed by atoms with van der Waals surface area (Å²) in [6.45, 7) is 0.652. The highest BCUT2D eigenvalue weighted by Gasteiger charge is 2.10. The van der Waals surface area contributed by atoms with Crippen LogP contribution in [0.1, 0.15) is 5.56 Å². The van der Waals surface area contributed by atoms with E-state index in [0.29, 0.717) is 18.5 Å². The van der Waals surface area contributed by atoms with Crippen molar-refractivity contribution in [2.45, 2.75) is 6.42 Å². The van der Waals surface area contributed by atoms with Crippen LogP contribution in [0.15, 0.2) is 12.1 Å². The zero-order chi connectivity index (χ0) is 10.6. The van der Waals surface area contributed by atoms with E-state index in [9.17, 15) is 8.78 Å². The normalized spacial score (nSPS) is 10.3. The Morgan fingerprint density at radius 1 is 1.36 bits per heavy atom. The van der Waals surface area contributed by atoms with Crippen molar-refractivity contribution in [3.05, 3.63) is 29.3 Å². The third-order valence-corrected chi connectivity index (χ3v) is 1.93. The van der Waals surface area contributed by atoms with E-state index in [4.69, 9.17) is 4.74 Å². The van der Waals surface area contributed by atoms with Crippen LogP contribution in [0, 0.1) is 11.6 Å². The number of hydrogen-bond acceptors (Lipinski definition) is 2. The number of ether oxygens (including phenoxy) is 1. The maximum Gasteiger partial charge on any atom is 0.168 e. The number of nitrogens with one attached hydrogen (secondary N) is 1. The Morgan fingerprint density at radius 3 is 2.64 bits per heavy atom. The van der Waals surface area contributed by atoms with E-state index in [1.54, 1.807) is 7.05 Å². The molecular weight excluding hydrogens is 188 g/mol. The van der Waals surface area contributed by atoms with Crippen LogP contribution in [0.3, 0.4) is 0 Å². The summed E-state index contributed by atoms with van der Waals surface area (Å²) in [6, 6.07) is 2.11. The number of halogens is 2. The van der Waals surface area contributed by atoms with Crippen molar-refractivity contribution in [2.75, 3.05) is 20.7 Å². The van der Waals surface area contributed by atoms with Gasteiger partial charge in [0.1, 0.15) is 5.82 Å². The van der Waals surface area contributed by atoms with Crippen LogP contribution in [0.4, 0.5) is 8.78 Å². The summed E-state index contributed by atoms with van der Waals surface area (Å²) in [4.78, 5) is 0. The average Bonchev–Trinajstić information content (AvgIpc) is 2.14. The second-order valence-corrected chi connectivity index (χ2v) is 2.93. The number of methoxy groups -OCH3 is 1. The van der Waals surface area contributed by atoms with Gasteiger partial charge in [-0.2, -0.15) is 0 Å². The first kappa shape index (κ1) is 10.9. The molecule has 1 aromatic carbocycles. The average molecular weight is 201 g/mol. The molecule has 0 aliphatic rings. The first-order chi connectivity index (χ1) is 6.69. The monoisotopic (exact) mass is 201 g/mol. The first-order valence-corrected chi connectivity index (χ1v) is 4.35. The molecule has 2 nitrogen and oxygen atoms in total. The van der Waals surface area contributed by atoms with Crippen LogP contribution in [0.25, 0.3) is 0 Å². The minimum absolute atomic E-state index is 0.127. The molecule has 1 aromatic rings. The van der Waals surface area contributed by atoms with Crippen LogP contribution in [0.2, 0.25) is 0 Å². The molecule has 1 N–H and O–H groups in total. The Hall–Kier alpha value is -1.16. The van der Waals surface area contributed by atoms with E-state index >= 15 is 0 Å². The van der Waals surface area contributed by atoms with Crippen LogP contribution >= 0.6 is 0 Å². The van der Waals surface area contributed by atoms with Crippen molar-refractivity contribution >= 4 is 0 Å². The van der Waals surface area contributed by atoms with Gasteiger partial charge in [0.15, 0.2) is 11.6 Å².